The highest BCUT2D eigenvalue weighted by Gasteiger charge is 2.09. The fourth-order valence-electron chi connectivity index (χ4n) is 2.02. The van der Waals surface area contributed by atoms with E-state index in [1.807, 2.05) is 43.3 Å². The molecule has 0 atom stereocenters. The van der Waals surface area contributed by atoms with Gasteiger partial charge in [0.05, 0.1) is 12.3 Å². The number of para-hydroxylation sites is 2. The largest absolute Gasteiger partial charge is 0.489 e. The van der Waals surface area contributed by atoms with Crippen LogP contribution in [-0.4, -0.2) is 25.7 Å². The molecule has 0 spiro atoms. The Bertz CT molecular complexity index is 650. The lowest BCUT2D eigenvalue weighted by Gasteiger charge is -2.12. The van der Waals surface area contributed by atoms with Crippen LogP contribution in [0.5, 0.6) is 5.75 Å². The molecule has 23 heavy (non-hydrogen) atoms. The van der Waals surface area contributed by atoms with Crippen LogP contribution < -0.4 is 10.1 Å². The second-order valence-electron chi connectivity index (χ2n) is 4.82. The summed E-state index contributed by atoms with van der Waals surface area (Å²) in [7, 11) is 0. The van der Waals surface area contributed by atoms with Crippen molar-refractivity contribution in [2.45, 2.75) is 6.92 Å². The van der Waals surface area contributed by atoms with Gasteiger partial charge in [0, 0.05) is 12.2 Å². The van der Waals surface area contributed by atoms with E-state index in [-0.39, 0.29) is 5.91 Å². The van der Waals surface area contributed by atoms with E-state index in [4.69, 9.17) is 9.47 Å². The molecule has 0 saturated heterocycles. The van der Waals surface area contributed by atoms with Gasteiger partial charge in [-0.15, -0.1) is 0 Å². The van der Waals surface area contributed by atoms with Gasteiger partial charge in [-0.1, -0.05) is 36.9 Å². The van der Waals surface area contributed by atoms with Crippen LogP contribution in [0.1, 0.15) is 22.8 Å². The number of hydrogen-bond donors (Lipinski definition) is 1. The van der Waals surface area contributed by atoms with Gasteiger partial charge >= 0.3 is 0 Å². The minimum absolute atomic E-state index is 0.179. The number of carbonyl (C=O) groups is 1. The highest BCUT2D eigenvalue weighted by atomic mass is 16.5. The Labute approximate surface area is 136 Å². The Morgan fingerprint density at radius 3 is 2.57 bits per heavy atom. The molecule has 0 aliphatic heterocycles. The summed E-state index contributed by atoms with van der Waals surface area (Å²) < 4.78 is 10.9. The lowest BCUT2D eigenvalue weighted by molar-refractivity contribution is 0.102. The van der Waals surface area contributed by atoms with Gasteiger partial charge < -0.3 is 14.8 Å². The molecule has 4 heteroatoms. The Morgan fingerprint density at radius 2 is 1.87 bits per heavy atom. The summed E-state index contributed by atoms with van der Waals surface area (Å²) in [5.74, 6) is 0.449. The zero-order valence-corrected chi connectivity index (χ0v) is 13.2. The van der Waals surface area contributed by atoms with Gasteiger partial charge in [0.1, 0.15) is 12.4 Å². The van der Waals surface area contributed by atoms with Crippen molar-refractivity contribution in [3.05, 3.63) is 66.2 Å². The molecule has 4 nitrogen and oxygen atoms in total. The quantitative estimate of drug-likeness (QED) is 0.750. The third-order valence-electron chi connectivity index (χ3n) is 3.23. The van der Waals surface area contributed by atoms with Gasteiger partial charge in [0.15, 0.2) is 0 Å². The molecule has 1 N–H and O–H groups in total. The molecule has 0 aromatic heterocycles. The second kappa shape index (κ2) is 8.76. The normalized spacial score (nSPS) is 10.1. The molecule has 2 rings (SSSR count). The molecule has 1 amide bonds. The van der Waals surface area contributed by atoms with Crippen molar-refractivity contribution in [2.75, 3.05) is 25.1 Å². The van der Waals surface area contributed by atoms with Crippen LogP contribution in [-0.2, 0) is 4.74 Å². The number of rotatable bonds is 8. The van der Waals surface area contributed by atoms with E-state index in [1.54, 1.807) is 18.2 Å². The third-order valence-corrected chi connectivity index (χ3v) is 3.23. The molecule has 0 radical (unpaired) electrons. The molecule has 0 fully saturated rings. The maximum Gasteiger partial charge on any atom is 0.255 e. The molecule has 0 heterocycles. The molecule has 0 bridgehead atoms. The average Bonchev–Trinajstić information content (AvgIpc) is 2.60. The van der Waals surface area contributed by atoms with Gasteiger partial charge in [-0.3, -0.25) is 4.79 Å². The number of anilines is 1. The van der Waals surface area contributed by atoms with Crippen LogP contribution in [0.15, 0.2) is 55.1 Å². The van der Waals surface area contributed by atoms with Crippen molar-refractivity contribution in [2.24, 2.45) is 0 Å². The summed E-state index contributed by atoms with van der Waals surface area (Å²) in [5, 5.41) is 2.87. The average molecular weight is 311 g/mol. The smallest absolute Gasteiger partial charge is 0.255 e. The van der Waals surface area contributed by atoms with Crippen LogP contribution in [0, 0.1) is 0 Å². The summed E-state index contributed by atoms with van der Waals surface area (Å²) in [5.41, 5.74) is 2.20. The van der Waals surface area contributed by atoms with E-state index in [0.717, 1.165) is 5.56 Å². The number of amides is 1. The number of ether oxygens (including phenoxy) is 2. The Hall–Kier alpha value is -2.59. The van der Waals surface area contributed by atoms with Gasteiger partial charge in [0.25, 0.3) is 5.91 Å². The maximum atomic E-state index is 12.3. The minimum Gasteiger partial charge on any atom is -0.489 e. The van der Waals surface area contributed by atoms with E-state index in [0.29, 0.717) is 36.8 Å². The zero-order valence-electron chi connectivity index (χ0n) is 13.2. The predicted molar refractivity (Wildman–Crippen MR) is 92.9 cm³/mol. The summed E-state index contributed by atoms with van der Waals surface area (Å²) in [6.07, 6.45) is 1.74. The number of benzene rings is 2. The number of nitrogens with one attached hydrogen (secondary N) is 1. The van der Waals surface area contributed by atoms with Crippen molar-refractivity contribution in [3.63, 3.8) is 0 Å². The summed E-state index contributed by atoms with van der Waals surface area (Å²) >= 11 is 0. The molecule has 0 aliphatic rings. The number of hydrogen-bond acceptors (Lipinski definition) is 3. The van der Waals surface area contributed by atoms with Gasteiger partial charge in [0.2, 0.25) is 0 Å². The van der Waals surface area contributed by atoms with Crippen molar-refractivity contribution in [1.82, 2.24) is 0 Å². The highest BCUT2D eigenvalue weighted by Crippen LogP contribution is 2.24. The summed E-state index contributed by atoms with van der Waals surface area (Å²) in [6, 6.07) is 14.6. The molecular formula is C19H21NO3. The molecule has 120 valence electrons. The minimum atomic E-state index is -0.179. The predicted octanol–water partition coefficient (Wildman–Crippen LogP) is 4.00. The van der Waals surface area contributed by atoms with E-state index in [2.05, 4.69) is 11.9 Å². The van der Waals surface area contributed by atoms with Crippen molar-refractivity contribution in [1.29, 1.82) is 0 Å². The highest BCUT2D eigenvalue weighted by molar-refractivity contribution is 6.05. The Balaban J connectivity index is 2.03. The maximum absolute atomic E-state index is 12.3. The first-order chi connectivity index (χ1) is 11.2. The van der Waals surface area contributed by atoms with Crippen molar-refractivity contribution >= 4 is 17.7 Å². The zero-order chi connectivity index (χ0) is 16.5. The Kier molecular flexibility index (Phi) is 6.39. The second-order valence-corrected chi connectivity index (χ2v) is 4.82. The summed E-state index contributed by atoms with van der Waals surface area (Å²) in [6.45, 7) is 7.25. The van der Waals surface area contributed by atoms with Gasteiger partial charge in [-0.05, 0) is 36.8 Å². The molecule has 0 aliphatic carbocycles. The lowest BCUT2D eigenvalue weighted by atomic mass is 10.1. The van der Waals surface area contributed by atoms with E-state index >= 15 is 0 Å². The standard InChI is InChI=1S/C19H21NO3/c1-3-15-9-11-16(12-10-15)19(21)20-17-7-5-6-8-18(17)23-14-13-22-4-2/h3,5-12H,1,4,13-14H2,2H3,(H,20,21). The van der Waals surface area contributed by atoms with E-state index in [9.17, 15) is 4.79 Å². The fraction of sp³-hybridized carbons (Fsp3) is 0.211. The van der Waals surface area contributed by atoms with Crippen LogP contribution in [0.25, 0.3) is 6.08 Å². The first-order valence-corrected chi connectivity index (χ1v) is 7.58. The Morgan fingerprint density at radius 1 is 1.13 bits per heavy atom. The lowest BCUT2D eigenvalue weighted by Crippen LogP contribution is -2.14. The molecule has 0 saturated carbocycles. The first-order valence-electron chi connectivity index (χ1n) is 7.58. The van der Waals surface area contributed by atoms with Crippen LogP contribution in [0.2, 0.25) is 0 Å². The van der Waals surface area contributed by atoms with Crippen LogP contribution in [0.3, 0.4) is 0 Å². The molecule has 2 aromatic carbocycles. The summed E-state index contributed by atoms with van der Waals surface area (Å²) in [4.78, 5) is 12.3. The molecule has 0 unspecified atom stereocenters. The van der Waals surface area contributed by atoms with Gasteiger partial charge in [-0.2, -0.15) is 0 Å². The molecular weight excluding hydrogens is 290 g/mol. The monoisotopic (exact) mass is 311 g/mol. The number of carbonyl (C=O) groups excluding carboxylic acids is 1. The topological polar surface area (TPSA) is 47.6 Å². The van der Waals surface area contributed by atoms with Crippen LogP contribution >= 0.6 is 0 Å². The first kappa shape index (κ1) is 16.8. The van der Waals surface area contributed by atoms with Gasteiger partial charge in [-0.25, -0.2) is 0 Å². The van der Waals surface area contributed by atoms with Crippen LogP contribution in [0.4, 0.5) is 5.69 Å². The van der Waals surface area contributed by atoms with E-state index in [1.165, 1.54) is 0 Å². The molecule has 2 aromatic rings. The SMILES string of the molecule is C=Cc1ccc(C(=O)Nc2ccccc2OCCOCC)cc1. The third kappa shape index (κ3) is 4.97. The van der Waals surface area contributed by atoms with Crippen molar-refractivity contribution < 1.29 is 14.3 Å². The fourth-order valence-corrected chi connectivity index (χ4v) is 2.02. The van der Waals surface area contributed by atoms with Crippen molar-refractivity contribution in [3.8, 4) is 5.75 Å². The van der Waals surface area contributed by atoms with E-state index < -0.39 is 0 Å².